The summed E-state index contributed by atoms with van der Waals surface area (Å²) in [6.07, 6.45) is 2.11. The van der Waals surface area contributed by atoms with Gasteiger partial charge in [-0.25, -0.2) is 0 Å². The van der Waals surface area contributed by atoms with Crippen molar-refractivity contribution >= 4 is 35.0 Å². The van der Waals surface area contributed by atoms with Crippen LogP contribution in [0, 0.1) is 0 Å². The minimum Gasteiger partial charge on any atom is -0.311 e. The number of fused-ring (bicyclic) bond motifs is 1. The highest BCUT2D eigenvalue weighted by Gasteiger charge is 2.21. The van der Waals surface area contributed by atoms with Gasteiger partial charge >= 0.3 is 0 Å². The molecule has 0 atom stereocenters. The predicted octanol–water partition coefficient (Wildman–Crippen LogP) is 4.55. The van der Waals surface area contributed by atoms with Crippen LogP contribution in [-0.4, -0.2) is 18.2 Å². The van der Waals surface area contributed by atoms with Gasteiger partial charge in [0.1, 0.15) is 0 Å². The van der Waals surface area contributed by atoms with Crippen molar-refractivity contribution in [3.8, 4) is 0 Å². The van der Waals surface area contributed by atoms with E-state index in [2.05, 4.69) is 12.1 Å². The third-order valence-corrected chi connectivity index (χ3v) is 5.06. The molecule has 1 heterocycles. The Hall–Kier alpha value is -1.45. The number of para-hydroxylation sites is 1. The molecular weight excluding hydrogens is 314 g/mol. The fraction of sp³-hybridized carbons (Fsp3) is 0.278. The molecule has 0 saturated carbocycles. The summed E-state index contributed by atoms with van der Waals surface area (Å²) in [5.74, 6) is 1.54. The molecule has 2 aromatic carbocycles. The molecule has 0 aliphatic carbocycles. The van der Waals surface area contributed by atoms with E-state index in [1.807, 2.05) is 41.3 Å². The number of hydrogen-bond donors (Lipinski definition) is 0. The van der Waals surface area contributed by atoms with E-state index in [1.54, 1.807) is 11.8 Å². The van der Waals surface area contributed by atoms with Crippen LogP contribution in [0.4, 0.5) is 5.69 Å². The lowest BCUT2D eigenvalue weighted by Gasteiger charge is -2.29. The highest BCUT2D eigenvalue weighted by atomic mass is 35.5. The second-order valence-electron chi connectivity index (χ2n) is 5.40. The molecule has 1 amide bonds. The summed E-state index contributed by atoms with van der Waals surface area (Å²) in [6, 6.07) is 16.0. The fourth-order valence-electron chi connectivity index (χ4n) is 2.71. The van der Waals surface area contributed by atoms with Crippen LogP contribution < -0.4 is 4.90 Å². The SMILES string of the molecule is O=C(CSCc1ccc(Cl)cc1)N1CCCc2ccccc21. The van der Waals surface area contributed by atoms with Gasteiger partial charge in [-0.15, -0.1) is 11.8 Å². The molecule has 22 heavy (non-hydrogen) atoms. The van der Waals surface area contributed by atoms with Crippen LogP contribution in [0.25, 0.3) is 0 Å². The Bertz CT molecular complexity index is 656. The highest BCUT2D eigenvalue weighted by Crippen LogP contribution is 2.27. The number of hydrogen-bond acceptors (Lipinski definition) is 2. The Labute approximate surface area is 140 Å². The second kappa shape index (κ2) is 7.21. The molecule has 1 aliphatic heterocycles. The number of rotatable bonds is 4. The van der Waals surface area contributed by atoms with E-state index in [0.29, 0.717) is 5.75 Å². The molecule has 2 nitrogen and oxygen atoms in total. The van der Waals surface area contributed by atoms with Gasteiger partial charge in [0.15, 0.2) is 0 Å². The Balaban J connectivity index is 1.58. The largest absolute Gasteiger partial charge is 0.311 e. The van der Waals surface area contributed by atoms with E-state index in [0.717, 1.165) is 35.8 Å². The van der Waals surface area contributed by atoms with Crippen LogP contribution in [0.2, 0.25) is 5.02 Å². The number of aryl methyl sites for hydroxylation is 1. The molecular formula is C18H18ClNOS. The zero-order valence-electron chi connectivity index (χ0n) is 12.3. The lowest BCUT2D eigenvalue weighted by Crippen LogP contribution is -2.36. The van der Waals surface area contributed by atoms with Crippen molar-refractivity contribution in [3.05, 3.63) is 64.7 Å². The quantitative estimate of drug-likeness (QED) is 0.819. The lowest BCUT2D eigenvalue weighted by atomic mass is 10.0. The molecule has 0 saturated heterocycles. The van der Waals surface area contributed by atoms with Crippen LogP contribution in [0.3, 0.4) is 0 Å². The van der Waals surface area contributed by atoms with Gasteiger partial charge in [0, 0.05) is 23.0 Å². The summed E-state index contributed by atoms with van der Waals surface area (Å²) in [4.78, 5) is 14.4. The number of halogens is 1. The van der Waals surface area contributed by atoms with E-state index in [-0.39, 0.29) is 5.91 Å². The fourth-order valence-corrected chi connectivity index (χ4v) is 3.69. The van der Waals surface area contributed by atoms with E-state index in [4.69, 9.17) is 11.6 Å². The number of carbonyl (C=O) groups excluding carboxylic acids is 1. The van der Waals surface area contributed by atoms with Gasteiger partial charge in [-0.3, -0.25) is 4.79 Å². The van der Waals surface area contributed by atoms with Crippen molar-refractivity contribution < 1.29 is 4.79 Å². The first-order valence-electron chi connectivity index (χ1n) is 7.44. The molecule has 114 valence electrons. The normalized spacial score (nSPS) is 13.8. The van der Waals surface area contributed by atoms with E-state index >= 15 is 0 Å². The van der Waals surface area contributed by atoms with Gasteiger partial charge in [0.25, 0.3) is 0 Å². The van der Waals surface area contributed by atoms with E-state index in [9.17, 15) is 4.79 Å². The van der Waals surface area contributed by atoms with Crippen LogP contribution in [0.15, 0.2) is 48.5 Å². The highest BCUT2D eigenvalue weighted by molar-refractivity contribution is 7.99. The standard InChI is InChI=1S/C18H18ClNOS/c19-16-9-7-14(8-10-16)12-22-13-18(21)20-11-3-5-15-4-1-2-6-17(15)20/h1-2,4,6-10H,3,5,11-13H2. The van der Waals surface area contributed by atoms with Gasteiger partial charge < -0.3 is 4.90 Å². The topological polar surface area (TPSA) is 20.3 Å². The van der Waals surface area contributed by atoms with Gasteiger partial charge in [-0.2, -0.15) is 0 Å². The summed E-state index contributed by atoms with van der Waals surface area (Å²) in [5, 5.41) is 0.745. The molecule has 0 radical (unpaired) electrons. The van der Waals surface area contributed by atoms with Crippen LogP contribution in [0.5, 0.6) is 0 Å². The number of anilines is 1. The molecule has 3 rings (SSSR count). The Morgan fingerprint density at radius 1 is 1.14 bits per heavy atom. The van der Waals surface area contributed by atoms with Gasteiger partial charge in [0.05, 0.1) is 5.75 Å². The summed E-state index contributed by atoms with van der Waals surface area (Å²) < 4.78 is 0. The average molecular weight is 332 g/mol. The summed E-state index contributed by atoms with van der Waals surface area (Å²) in [5.41, 5.74) is 3.57. The molecule has 0 unspecified atom stereocenters. The average Bonchev–Trinajstić information content (AvgIpc) is 2.56. The third kappa shape index (κ3) is 3.65. The van der Waals surface area contributed by atoms with Crippen LogP contribution in [0.1, 0.15) is 17.5 Å². The van der Waals surface area contributed by atoms with E-state index in [1.165, 1.54) is 11.1 Å². The lowest BCUT2D eigenvalue weighted by molar-refractivity contribution is -0.116. The second-order valence-corrected chi connectivity index (χ2v) is 6.82. The molecule has 2 aromatic rings. The van der Waals surface area contributed by atoms with Crippen LogP contribution in [-0.2, 0) is 17.0 Å². The minimum absolute atomic E-state index is 0.200. The smallest absolute Gasteiger partial charge is 0.236 e. The summed E-state index contributed by atoms with van der Waals surface area (Å²) in [7, 11) is 0. The Morgan fingerprint density at radius 2 is 1.91 bits per heavy atom. The van der Waals surface area contributed by atoms with Crippen molar-refractivity contribution in [3.63, 3.8) is 0 Å². The van der Waals surface area contributed by atoms with Crippen molar-refractivity contribution in [1.82, 2.24) is 0 Å². The molecule has 4 heteroatoms. The number of thioether (sulfide) groups is 1. The minimum atomic E-state index is 0.200. The first-order valence-corrected chi connectivity index (χ1v) is 8.98. The third-order valence-electron chi connectivity index (χ3n) is 3.82. The molecule has 0 N–H and O–H groups in total. The first kappa shape index (κ1) is 15.4. The van der Waals surface area contributed by atoms with Gasteiger partial charge in [-0.05, 0) is 42.2 Å². The zero-order chi connectivity index (χ0) is 15.4. The maximum Gasteiger partial charge on any atom is 0.236 e. The predicted molar refractivity (Wildman–Crippen MR) is 94.7 cm³/mol. The number of carbonyl (C=O) groups is 1. The maximum absolute atomic E-state index is 12.5. The molecule has 0 aromatic heterocycles. The maximum atomic E-state index is 12.5. The molecule has 1 aliphatic rings. The first-order chi connectivity index (χ1) is 10.7. The Kier molecular flexibility index (Phi) is 5.06. The van der Waals surface area contributed by atoms with Crippen molar-refractivity contribution in [1.29, 1.82) is 0 Å². The zero-order valence-corrected chi connectivity index (χ0v) is 13.9. The van der Waals surface area contributed by atoms with Crippen molar-refractivity contribution in [2.24, 2.45) is 0 Å². The van der Waals surface area contributed by atoms with Crippen molar-refractivity contribution in [2.45, 2.75) is 18.6 Å². The summed E-state index contributed by atoms with van der Waals surface area (Å²) in [6.45, 7) is 0.831. The Morgan fingerprint density at radius 3 is 2.73 bits per heavy atom. The van der Waals surface area contributed by atoms with Crippen LogP contribution >= 0.6 is 23.4 Å². The number of benzene rings is 2. The molecule has 0 fully saturated rings. The van der Waals surface area contributed by atoms with E-state index < -0.39 is 0 Å². The number of nitrogens with zero attached hydrogens (tertiary/aromatic N) is 1. The van der Waals surface area contributed by atoms with Gasteiger partial charge in [-0.1, -0.05) is 41.9 Å². The van der Waals surface area contributed by atoms with Crippen molar-refractivity contribution in [2.75, 3.05) is 17.2 Å². The molecule has 0 spiro atoms. The molecule has 0 bridgehead atoms. The summed E-state index contributed by atoms with van der Waals surface area (Å²) >= 11 is 7.53. The monoisotopic (exact) mass is 331 g/mol. The van der Waals surface area contributed by atoms with Gasteiger partial charge in [0.2, 0.25) is 5.91 Å². The number of amides is 1.